The van der Waals surface area contributed by atoms with Crippen LogP contribution in [0.4, 0.5) is 0 Å². The number of hydrogen-bond donors (Lipinski definition) is 2. The lowest BCUT2D eigenvalue weighted by atomic mass is 9.70. The molecule has 3 rings (SSSR count). The summed E-state index contributed by atoms with van der Waals surface area (Å²) in [5.41, 5.74) is 2.80. The van der Waals surface area contributed by atoms with Crippen LogP contribution in [0.25, 0.3) is 0 Å². The lowest BCUT2D eigenvalue weighted by molar-refractivity contribution is 0.249. The van der Waals surface area contributed by atoms with Crippen LogP contribution >= 0.6 is 0 Å². The largest absolute Gasteiger partial charge is 0.493 e. The van der Waals surface area contributed by atoms with Gasteiger partial charge in [0.2, 0.25) is 0 Å². The second-order valence-electron chi connectivity index (χ2n) is 8.04. The number of para-hydroxylation sites is 2. The number of ether oxygens (including phenoxy) is 2. The normalized spacial score (nSPS) is 11.3. The molecule has 0 atom stereocenters. The SMILES string of the molecule is CC(c1ccccc1)(c1ccccc1OCCCCO)c1ccccc1OCCCCO. The maximum absolute atomic E-state index is 9.10. The van der Waals surface area contributed by atoms with Gasteiger partial charge in [-0.3, -0.25) is 0 Å². The minimum Gasteiger partial charge on any atom is -0.493 e. The van der Waals surface area contributed by atoms with Gasteiger partial charge in [-0.2, -0.15) is 0 Å². The molecule has 3 aromatic carbocycles. The molecule has 0 fully saturated rings. The van der Waals surface area contributed by atoms with Crippen LogP contribution in [0.5, 0.6) is 11.5 Å². The summed E-state index contributed by atoms with van der Waals surface area (Å²) in [4.78, 5) is 0. The summed E-state index contributed by atoms with van der Waals surface area (Å²) in [7, 11) is 0. The molecule has 0 aliphatic carbocycles. The Morgan fingerprint density at radius 3 is 1.50 bits per heavy atom. The van der Waals surface area contributed by atoms with Crippen LogP contribution in [-0.2, 0) is 5.41 Å². The molecule has 0 saturated heterocycles. The average Bonchev–Trinajstić information content (AvgIpc) is 2.85. The Morgan fingerprint density at radius 2 is 1.03 bits per heavy atom. The fraction of sp³-hybridized carbons (Fsp3) is 0.357. The second kappa shape index (κ2) is 12.3. The van der Waals surface area contributed by atoms with Crippen molar-refractivity contribution in [3.8, 4) is 11.5 Å². The van der Waals surface area contributed by atoms with E-state index in [9.17, 15) is 0 Å². The summed E-state index contributed by atoms with van der Waals surface area (Å²) >= 11 is 0. The first-order valence-electron chi connectivity index (χ1n) is 11.4. The Bertz CT molecular complexity index is 883. The first kappa shape index (κ1) is 23.8. The van der Waals surface area contributed by atoms with Gasteiger partial charge in [0.25, 0.3) is 0 Å². The molecule has 0 spiro atoms. The molecule has 4 nitrogen and oxygen atoms in total. The molecule has 0 radical (unpaired) electrons. The Balaban J connectivity index is 2.06. The zero-order chi connectivity index (χ0) is 22.7. The fourth-order valence-electron chi connectivity index (χ4n) is 4.03. The lowest BCUT2D eigenvalue weighted by Gasteiger charge is -2.34. The van der Waals surface area contributed by atoms with E-state index in [1.165, 1.54) is 0 Å². The highest BCUT2D eigenvalue weighted by Crippen LogP contribution is 2.46. The van der Waals surface area contributed by atoms with Crippen LogP contribution in [0.15, 0.2) is 78.9 Å². The topological polar surface area (TPSA) is 58.9 Å². The molecular formula is C28H34O4. The van der Waals surface area contributed by atoms with Crippen molar-refractivity contribution < 1.29 is 19.7 Å². The number of hydrogen-bond acceptors (Lipinski definition) is 4. The highest BCUT2D eigenvalue weighted by atomic mass is 16.5. The molecule has 3 aromatic rings. The number of aliphatic hydroxyl groups excluding tert-OH is 2. The molecule has 170 valence electrons. The minimum absolute atomic E-state index is 0.174. The van der Waals surface area contributed by atoms with Gasteiger partial charge in [-0.25, -0.2) is 0 Å². The fourth-order valence-corrected chi connectivity index (χ4v) is 4.03. The van der Waals surface area contributed by atoms with Gasteiger partial charge in [0.1, 0.15) is 11.5 Å². The zero-order valence-corrected chi connectivity index (χ0v) is 18.9. The number of benzene rings is 3. The van der Waals surface area contributed by atoms with Crippen LogP contribution < -0.4 is 9.47 Å². The van der Waals surface area contributed by atoms with Gasteiger partial charge >= 0.3 is 0 Å². The summed E-state index contributed by atoms with van der Waals surface area (Å²) in [5.74, 6) is 1.68. The summed E-state index contributed by atoms with van der Waals surface area (Å²) in [6, 6.07) is 26.8. The summed E-state index contributed by atoms with van der Waals surface area (Å²) in [5, 5.41) is 18.2. The van der Waals surface area contributed by atoms with Crippen molar-refractivity contribution >= 4 is 0 Å². The van der Waals surface area contributed by atoms with Crippen molar-refractivity contribution in [1.29, 1.82) is 0 Å². The van der Waals surface area contributed by atoms with Crippen molar-refractivity contribution in [2.75, 3.05) is 26.4 Å². The molecule has 4 heteroatoms. The summed E-state index contributed by atoms with van der Waals surface area (Å²) in [6.07, 6.45) is 3.06. The van der Waals surface area contributed by atoms with Gasteiger partial charge in [0.15, 0.2) is 0 Å². The summed E-state index contributed by atoms with van der Waals surface area (Å²) < 4.78 is 12.4. The maximum atomic E-state index is 9.10. The monoisotopic (exact) mass is 434 g/mol. The van der Waals surface area contributed by atoms with Crippen LogP contribution in [0.3, 0.4) is 0 Å². The van der Waals surface area contributed by atoms with E-state index in [4.69, 9.17) is 19.7 Å². The standard InChI is InChI=1S/C28H34O4/c1-28(23-13-3-2-4-14-23,24-15-5-7-17-26(24)31-21-11-9-19-29)25-16-6-8-18-27(25)32-22-12-10-20-30/h2-8,13-18,29-30H,9-12,19-22H2,1H3. The van der Waals surface area contributed by atoms with E-state index < -0.39 is 5.41 Å². The van der Waals surface area contributed by atoms with Crippen LogP contribution in [0.2, 0.25) is 0 Å². The third kappa shape index (κ3) is 5.70. The van der Waals surface area contributed by atoms with Crippen LogP contribution in [0, 0.1) is 0 Å². The Hall–Kier alpha value is -2.82. The van der Waals surface area contributed by atoms with Crippen molar-refractivity contribution in [3.63, 3.8) is 0 Å². The molecule has 0 aliphatic heterocycles. The van der Waals surface area contributed by atoms with Crippen LogP contribution in [-0.4, -0.2) is 36.6 Å². The minimum atomic E-state index is -0.498. The van der Waals surface area contributed by atoms with Gasteiger partial charge in [0, 0.05) is 29.8 Å². The van der Waals surface area contributed by atoms with E-state index in [-0.39, 0.29) is 13.2 Å². The second-order valence-corrected chi connectivity index (χ2v) is 8.04. The molecule has 32 heavy (non-hydrogen) atoms. The van der Waals surface area contributed by atoms with Gasteiger partial charge in [-0.15, -0.1) is 0 Å². The number of rotatable bonds is 13. The van der Waals surface area contributed by atoms with Crippen molar-refractivity contribution in [2.24, 2.45) is 0 Å². The number of aliphatic hydroxyl groups is 2. The van der Waals surface area contributed by atoms with Gasteiger partial charge < -0.3 is 19.7 Å². The van der Waals surface area contributed by atoms with E-state index in [2.05, 4.69) is 43.3 Å². The third-order valence-corrected chi connectivity index (χ3v) is 5.82. The first-order valence-corrected chi connectivity index (χ1v) is 11.4. The van der Waals surface area contributed by atoms with Crippen molar-refractivity contribution in [1.82, 2.24) is 0 Å². The highest BCUT2D eigenvalue weighted by molar-refractivity contribution is 5.58. The Kier molecular flexibility index (Phi) is 9.14. The predicted octanol–water partition coefficient (Wildman–Crippen LogP) is 5.34. The average molecular weight is 435 g/mol. The molecule has 2 N–H and O–H groups in total. The number of unbranched alkanes of at least 4 members (excludes halogenated alkanes) is 2. The predicted molar refractivity (Wildman–Crippen MR) is 129 cm³/mol. The first-order chi connectivity index (χ1) is 15.7. The molecule has 0 saturated carbocycles. The van der Waals surface area contributed by atoms with Crippen molar-refractivity contribution in [3.05, 3.63) is 95.6 Å². The van der Waals surface area contributed by atoms with E-state index in [1.54, 1.807) is 0 Å². The maximum Gasteiger partial charge on any atom is 0.123 e. The third-order valence-electron chi connectivity index (χ3n) is 5.82. The molecule has 0 aromatic heterocycles. The highest BCUT2D eigenvalue weighted by Gasteiger charge is 2.36. The van der Waals surface area contributed by atoms with E-state index in [1.807, 2.05) is 42.5 Å². The van der Waals surface area contributed by atoms with E-state index in [0.29, 0.717) is 13.2 Å². The Morgan fingerprint density at radius 1 is 0.594 bits per heavy atom. The smallest absolute Gasteiger partial charge is 0.123 e. The molecule has 0 bridgehead atoms. The molecular weight excluding hydrogens is 400 g/mol. The quantitative estimate of drug-likeness (QED) is 0.281. The van der Waals surface area contributed by atoms with Gasteiger partial charge in [-0.1, -0.05) is 66.7 Å². The lowest BCUT2D eigenvalue weighted by Crippen LogP contribution is -2.27. The molecule has 0 unspecified atom stereocenters. The molecule has 0 heterocycles. The van der Waals surface area contributed by atoms with Gasteiger partial charge in [0.05, 0.1) is 13.2 Å². The summed E-state index contributed by atoms with van der Waals surface area (Å²) in [6.45, 7) is 3.68. The molecule has 0 amide bonds. The van der Waals surface area contributed by atoms with Crippen molar-refractivity contribution in [2.45, 2.75) is 38.0 Å². The van der Waals surface area contributed by atoms with Gasteiger partial charge in [-0.05, 0) is 50.3 Å². The van der Waals surface area contributed by atoms with Crippen LogP contribution in [0.1, 0.15) is 49.3 Å². The zero-order valence-electron chi connectivity index (χ0n) is 18.9. The molecule has 0 aliphatic rings. The van der Waals surface area contributed by atoms with E-state index >= 15 is 0 Å². The Labute approximate surface area is 191 Å². The van der Waals surface area contributed by atoms with E-state index in [0.717, 1.165) is 53.9 Å².